The van der Waals surface area contributed by atoms with Gasteiger partial charge < -0.3 is 9.80 Å². The number of para-hydroxylation sites is 1. The van der Waals surface area contributed by atoms with Crippen molar-refractivity contribution >= 4 is 28.4 Å². The highest BCUT2D eigenvalue weighted by atomic mass is 16.2. The average molecular weight is 361 g/mol. The fourth-order valence-electron chi connectivity index (χ4n) is 3.72. The SMILES string of the molecule is O=C(c1ccc2ccccc2n1)N1CC(n2cc(N3CCCC3=O)cn2)C1. The van der Waals surface area contributed by atoms with Crippen molar-refractivity contribution in [2.75, 3.05) is 24.5 Å². The number of rotatable bonds is 3. The maximum atomic E-state index is 12.7. The average Bonchev–Trinajstić information content (AvgIpc) is 3.29. The van der Waals surface area contributed by atoms with E-state index in [9.17, 15) is 9.59 Å². The quantitative estimate of drug-likeness (QED) is 0.717. The molecule has 5 rings (SSSR count). The zero-order valence-corrected chi connectivity index (χ0v) is 14.8. The predicted molar refractivity (Wildman–Crippen MR) is 100 cm³/mol. The minimum absolute atomic E-state index is 0.0564. The normalized spacial score (nSPS) is 17.6. The summed E-state index contributed by atoms with van der Waals surface area (Å²) >= 11 is 0. The highest BCUT2D eigenvalue weighted by Gasteiger charge is 2.34. The predicted octanol–water partition coefficient (Wildman–Crippen LogP) is 2.26. The molecule has 0 unspecified atom stereocenters. The Labute approximate surface area is 156 Å². The van der Waals surface area contributed by atoms with E-state index in [1.165, 1.54) is 0 Å². The van der Waals surface area contributed by atoms with Crippen LogP contribution in [0.25, 0.3) is 10.9 Å². The number of hydrogen-bond donors (Lipinski definition) is 0. The summed E-state index contributed by atoms with van der Waals surface area (Å²) in [7, 11) is 0. The summed E-state index contributed by atoms with van der Waals surface area (Å²) < 4.78 is 1.86. The van der Waals surface area contributed by atoms with E-state index < -0.39 is 0 Å². The lowest BCUT2D eigenvalue weighted by molar-refractivity contribution is -0.117. The molecule has 2 amide bonds. The summed E-state index contributed by atoms with van der Waals surface area (Å²) in [6.07, 6.45) is 5.15. The van der Waals surface area contributed by atoms with Crippen molar-refractivity contribution in [3.8, 4) is 0 Å². The zero-order chi connectivity index (χ0) is 18.4. The Hall–Kier alpha value is -3.22. The van der Waals surface area contributed by atoms with Crippen molar-refractivity contribution in [3.63, 3.8) is 0 Å². The van der Waals surface area contributed by atoms with E-state index in [0.29, 0.717) is 25.2 Å². The van der Waals surface area contributed by atoms with E-state index in [1.54, 1.807) is 22.1 Å². The molecule has 3 aromatic rings. The second-order valence-electron chi connectivity index (χ2n) is 7.08. The molecule has 0 bridgehead atoms. The first-order valence-electron chi connectivity index (χ1n) is 9.18. The Bertz CT molecular complexity index is 1040. The maximum Gasteiger partial charge on any atom is 0.272 e. The number of pyridine rings is 1. The molecule has 7 heteroatoms. The van der Waals surface area contributed by atoms with Gasteiger partial charge in [0.1, 0.15) is 5.69 Å². The van der Waals surface area contributed by atoms with E-state index in [0.717, 1.165) is 29.6 Å². The molecule has 0 radical (unpaired) electrons. The van der Waals surface area contributed by atoms with Crippen molar-refractivity contribution in [2.24, 2.45) is 0 Å². The summed E-state index contributed by atoms with van der Waals surface area (Å²) in [5.74, 6) is 0.0986. The summed E-state index contributed by atoms with van der Waals surface area (Å²) in [5.41, 5.74) is 2.14. The van der Waals surface area contributed by atoms with E-state index >= 15 is 0 Å². The molecule has 0 atom stereocenters. The third-order valence-corrected chi connectivity index (χ3v) is 5.31. The van der Waals surface area contributed by atoms with Crippen molar-refractivity contribution in [2.45, 2.75) is 18.9 Å². The van der Waals surface area contributed by atoms with Crippen LogP contribution in [0.3, 0.4) is 0 Å². The standard InChI is InChI=1S/C20H19N5O2/c26-19-6-3-9-24(19)15-10-21-25(13-15)16-11-23(12-16)20(27)18-8-7-14-4-1-2-5-17(14)22-18/h1-2,4-5,7-8,10,13,16H,3,6,9,11-12H2. The van der Waals surface area contributed by atoms with Crippen LogP contribution in [0.15, 0.2) is 48.8 Å². The number of carbonyl (C=O) groups is 2. The molecule has 27 heavy (non-hydrogen) atoms. The van der Waals surface area contributed by atoms with Crippen LogP contribution in [-0.2, 0) is 4.79 Å². The van der Waals surface area contributed by atoms with Gasteiger partial charge in [-0.2, -0.15) is 5.10 Å². The first kappa shape index (κ1) is 16.0. The lowest BCUT2D eigenvalue weighted by Gasteiger charge is -2.39. The van der Waals surface area contributed by atoms with Crippen LogP contribution in [0.5, 0.6) is 0 Å². The molecule has 2 fully saturated rings. The number of nitrogens with zero attached hydrogens (tertiary/aromatic N) is 5. The first-order valence-corrected chi connectivity index (χ1v) is 9.18. The van der Waals surface area contributed by atoms with E-state index in [-0.39, 0.29) is 17.9 Å². The van der Waals surface area contributed by atoms with Crippen LogP contribution < -0.4 is 4.90 Å². The van der Waals surface area contributed by atoms with Crippen LogP contribution in [0, 0.1) is 0 Å². The van der Waals surface area contributed by atoms with Gasteiger partial charge in [0.05, 0.1) is 23.4 Å². The number of amides is 2. The molecule has 0 saturated carbocycles. The summed E-state index contributed by atoms with van der Waals surface area (Å²) in [6, 6.07) is 11.6. The van der Waals surface area contributed by atoms with Crippen molar-refractivity contribution in [3.05, 3.63) is 54.5 Å². The lowest BCUT2D eigenvalue weighted by atomic mass is 10.1. The Kier molecular flexibility index (Phi) is 3.67. The Morgan fingerprint density at radius 2 is 1.96 bits per heavy atom. The molecule has 136 valence electrons. The zero-order valence-electron chi connectivity index (χ0n) is 14.8. The number of hydrogen-bond acceptors (Lipinski definition) is 4. The molecular formula is C20H19N5O2. The molecule has 0 spiro atoms. The fourth-order valence-corrected chi connectivity index (χ4v) is 3.72. The lowest BCUT2D eigenvalue weighted by Crippen LogP contribution is -2.51. The molecule has 2 aliphatic rings. The monoisotopic (exact) mass is 361 g/mol. The van der Waals surface area contributed by atoms with Crippen molar-refractivity contribution < 1.29 is 9.59 Å². The fraction of sp³-hybridized carbons (Fsp3) is 0.300. The molecule has 2 aliphatic heterocycles. The smallest absolute Gasteiger partial charge is 0.272 e. The summed E-state index contributed by atoms with van der Waals surface area (Å²) in [4.78, 5) is 32.6. The van der Waals surface area contributed by atoms with Crippen LogP contribution in [0.4, 0.5) is 5.69 Å². The van der Waals surface area contributed by atoms with Crippen molar-refractivity contribution in [1.29, 1.82) is 0 Å². The third kappa shape index (κ3) is 2.75. The number of anilines is 1. The summed E-state index contributed by atoms with van der Waals surface area (Å²) in [6.45, 7) is 1.96. The maximum absolute atomic E-state index is 12.7. The van der Waals surface area contributed by atoms with Crippen LogP contribution in [0.1, 0.15) is 29.4 Å². The van der Waals surface area contributed by atoms with E-state index in [1.807, 2.05) is 41.2 Å². The number of carbonyl (C=O) groups excluding carboxylic acids is 2. The van der Waals surface area contributed by atoms with Crippen molar-refractivity contribution in [1.82, 2.24) is 19.7 Å². The van der Waals surface area contributed by atoms with Crippen LogP contribution in [-0.4, -0.2) is 51.1 Å². The minimum Gasteiger partial charge on any atom is -0.333 e. The van der Waals surface area contributed by atoms with Gasteiger partial charge in [-0.05, 0) is 18.6 Å². The van der Waals surface area contributed by atoms with Crippen LogP contribution in [0.2, 0.25) is 0 Å². The summed E-state index contributed by atoms with van der Waals surface area (Å²) in [5, 5.41) is 5.42. The van der Waals surface area contributed by atoms with Gasteiger partial charge in [-0.1, -0.05) is 24.3 Å². The second kappa shape index (κ2) is 6.19. The first-order chi connectivity index (χ1) is 13.2. The molecule has 0 N–H and O–H groups in total. The number of likely N-dealkylation sites (tertiary alicyclic amines) is 1. The molecular weight excluding hydrogens is 342 g/mol. The molecule has 1 aromatic carbocycles. The largest absolute Gasteiger partial charge is 0.333 e. The second-order valence-corrected chi connectivity index (χ2v) is 7.08. The van der Waals surface area contributed by atoms with Gasteiger partial charge in [-0.15, -0.1) is 0 Å². The van der Waals surface area contributed by atoms with E-state index in [2.05, 4.69) is 10.1 Å². The number of benzene rings is 1. The van der Waals surface area contributed by atoms with Gasteiger partial charge >= 0.3 is 0 Å². The molecule has 2 saturated heterocycles. The number of aromatic nitrogens is 3. The third-order valence-electron chi connectivity index (χ3n) is 5.31. The van der Waals surface area contributed by atoms with Gasteiger partial charge in [0.2, 0.25) is 5.91 Å². The molecule has 4 heterocycles. The van der Waals surface area contributed by atoms with Gasteiger partial charge in [0.15, 0.2) is 0 Å². The van der Waals surface area contributed by atoms with Gasteiger partial charge in [-0.3, -0.25) is 14.3 Å². The highest BCUT2D eigenvalue weighted by Crippen LogP contribution is 2.26. The highest BCUT2D eigenvalue weighted by molar-refractivity contribution is 5.96. The Morgan fingerprint density at radius 1 is 1.11 bits per heavy atom. The minimum atomic E-state index is -0.0564. The van der Waals surface area contributed by atoms with Crippen LogP contribution >= 0.6 is 0 Å². The molecule has 0 aliphatic carbocycles. The van der Waals surface area contributed by atoms with E-state index in [4.69, 9.17) is 0 Å². The Balaban J connectivity index is 1.26. The van der Waals surface area contributed by atoms with Gasteiger partial charge in [0, 0.05) is 37.6 Å². The topological polar surface area (TPSA) is 71.3 Å². The Morgan fingerprint density at radius 3 is 2.78 bits per heavy atom. The van der Waals surface area contributed by atoms with Gasteiger partial charge in [0.25, 0.3) is 5.91 Å². The molecule has 7 nitrogen and oxygen atoms in total. The van der Waals surface area contributed by atoms with Gasteiger partial charge in [-0.25, -0.2) is 4.98 Å². The molecule has 2 aromatic heterocycles. The number of fused-ring (bicyclic) bond motifs is 1.